The van der Waals surface area contributed by atoms with Gasteiger partial charge in [-0.3, -0.25) is 0 Å². The van der Waals surface area contributed by atoms with E-state index < -0.39 is 17.5 Å². The van der Waals surface area contributed by atoms with Crippen molar-refractivity contribution in [1.82, 2.24) is 0 Å². The maximum absolute atomic E-state index is 13.6. The Kier molecular flexibility index (Phi) is 4.57. The molecule has 0 atom stereocenters. The molecular weight excluding hydrogens is 283 g/mol. The lowest BCUT2D eigenvalue weighted by atomic mass is 10.1. The highest BCUT2D eigenvalue weighted by Gasteiger charge is 2.13. The van der Waals surface area contributed by atoms with Crippen LogP contribution in [0.4, 0.5) is 18.9 Å². The maximum atomic E-state index is 13.6. The fraction of sp³-hybridized carbons (Fsp3) is 0.200. The third-order valence-electron chi connectivity index (χ3n) is 2.95. The van der Waals surface area contributed by atoms with Gasteiger partial charge in [0.2, 0.25) is 0 Å². The van der Waals surface area contributed by atoms with E-state index in [0.717, 1.165) is 6.07 Å². The molecule has 0 bridgehead atoms. The van der Waals surface area contributed by atoms with Crippen molar-refractivity contribution in [3.8, 4) is 11.5 Å². The highest BCUT2D eigenvalue weighted by molar-refractivity contribution is 5.50. The highest BCUT2D eigenvalue weighted by atomic mass is 19.2. The fourth-order valence-electron chi connectivity index (χ4n) is 1.97. The fourth-order valence-corrected chi connectivity index (χ4v) is 1.97. The summed E-state index contributed by atoms with van der Waals surface area (Å²) in [4.78, 5) is 0. The molecule has 0 amide bonds. The SMILES string of the molecule is COc1cccc(CNc2cc(F)cc(F)c2F)c1OC. The number of hydrogen-bond acceptors (Lipinski definition) is 3. The van der Waals surface area contributed by atoms with Gasteiger partial charge in [0.15, 0.2) is 23.1 Å². The lowest BCUT2D eigenvalue weighted by molar-refractivity contribution is 0.352. The Balaban J connectivity index is 2.25. The maximum Gasteiger partial charge on any atom is 0.182 e. The van der Waals surface area contributed by atoms with Crippen molar-refractivity contribution in [2.24, 2.45) is 0 Å². The molecule has 0 radical (unpaired) electrons. The van der Waals surface area contributed by atoms with Crippen molar-refractivity contribution in [2.45, 2.75) is 6.54 Å². The van der Waals surface area contributed by atoms with Crippen LogP contribution in [-0.2, 0) is 6.54 Å². The van der Waals surface area contributed by atoms with Gasteiger partial charge in [0, 0.05) is 24.2 Å². The molecule has 2 aromatic carbocycles. The first-order valence-electron chi connectivity index (χ1n) is 6.15. The minimum Gasteiger partial charge on any atom is -0.493 e. The van der Waals surface area contributed by atoms with Gasteiger partial charge < -0.3 is 14.8 Å². The van der Waals surface area contributed by atoms with Gasteiger partial charge in [-0.15, -0.1) is 0 Å². The number of rotatable bonds is 5. The van der Waals surface area contributed by atoms with Crippen LogP contribution in [0.1, 0.15) is 5.56 Å². The second kappa shape index (κ2) is 6.39. The van der Waals surface area contributed by atoms with E-state index in [1.54, 1.807) is 18.2 Å². The Hall–Kier alpha value is -2.37. The van der Waals surface area contributed by atoms with Crippen molar-refractivity contribution >= 4 is 5.69 Å². The van der Waals surface area contributed by atoms with E-state index >= 15 is 0 Å². The summed E-state index contributed by atoms with van der Waals surface area (Å²) in [5, 5.41) is 2.65. The number of benzene rings is 2. The van der Waals surface area contributed by atoms with Gasteiger partial charge >= 0.3 is 0 Å². The Labute approximate surface area is 120 Å². The zero-order chi connectivity index (χ0) is 15.4. The molecular formula is C15H14F3NO2. The average Bonchev–Trinajstić information content (AvgIpc) is 2.48. The van der Waals surface area contributed by atoms with Crippen LogP contribution < -0.4 is 14.8 Å². The zero-order valence-corrected chi connectivity index (χ0v) is 11.5. The molecule has 0 aliphatic carbocycles. The minimum absolute atomic E-state index is 0.125. The molecule has 6 heteroatoms. The number of nitrogens with one attached hydrogen (secondary N) is 1. The second-order valence-corrected chi connectivity index (χ2v) is 4.26. The second-order valence-electron chi connectivity index (χ2n) is 4.26. The zero-order valence-electron chi connectivity index (χ0n) is 11.5. The number of para-hydroxylation sites is 1. The number of hydrogen-bond donors (Lipinski definition) is 1. The lowest BCUT2D eigenvalue weighted by Crippen LogP contribution is -2.05. The largest absolute Gasteiger partial charge is 0.493 e. The molecule has 3 nitrogen and oxygen atoms in total. The molecule has 0 heterocycles. The average molecular weight is 297 g/mol. The van der Waals surface area contributed by atoms with Gasteiger partial charge in [-0.2, -0.15) is 0 Å². The molecule has 21 heavy (non-hydrogen) atoms. The normalized spacial score (nSPS) is 10.3. The van der Waals surface area contributed by atoms with Crippen LogP contribution in [0.3, 0.4) is 0 Å². The summed E-state index contributed by atoms with van der Waals surface area (Å²) >= 11 is 0. The van der Waals surface area contributed by atoms with Crippen LogP contribution in [-0.4, -0.2) is 14.2 Å². The molecule has 2 rings (SSSR count). The van der Waals surface area contributed by atoms with Crippen LogP contribution >= 0.6 is 0 Å². The number of methoxy groups -OCH3 is 2. The molecule has 0 saturated carbocycles. The third kappa shape index (κ3) is 3.21. The quantitative estimate of drug-likeness (QED) is 0.853. The molecule has 1 N–H and O–H groups in total. The van der Waals surface area contributed by atoms with Crippen LogP contribution in [0.2, 0.25) is 0 Å². The van der Waals surface area contributed by atoms with Crippen LogP contribution in [0.15, 0.2) is 30.3 Å². The standard InChI is InChI=1S/C15H14F3NO2/c1-20-13-5-3-4-9(15(13)21-2)8-19-12-7-10(16)6-11(17)14(12)18/h3-7,19H,8H2,1-2H3. The highest BCUT2D eigenvalue weighted by Crippen LogP contribution is 2.31. The smallest absolute Gasteiger partial charge is 0.182 e. The molecule has 0 aliphatic heterocycles. The van der Waals surface area contributed by atoms with Gasteiger partial charge in [0.05, 0.1) is 19.9 Å². The monoisotopic (exact) mass is 297 g/mol. The van der Waals surface area contributed by atoms with Crippen molar-refractivity contribution < 1.29 is 22.6 Å². The summed E-state index contributed by atoms with van der Waals surface area (Å²) in [5.74, 6) is -2.23. The summed E-state index contributed by atoms with van der Waals surface area (Å²) in [5.41, 5.74) is 0.415. The molecule has 0 aliphatic rings. The van der Waals surface area contributed by atoms with Gasteiger partial charge in [-0.1, -0.05) is 12.1 Å². The molecule has 0 fully saturated rings. The molecule has 0 unspecified atom stereocenters. The van der Waals surface area contributed by atoms with Gasteiger partial charge in [-0.05, 0) is 6.07 Å². The molecule has 0 spiro atoms. The van der Waals surface area contributed by atoms with Crippen LogP contribution in [0.5, 0.6) is 11.5 Å². The topological polar surface area (TPSA) is 30.5 Å². The van der Waals surface area contributed by atoms with E-state index in [1.807, 2.05) is 0 Å². The van der Waals surface area contributed by atoms with E-state index in [1.165, 1.54) is 14.2 Å². The van der Waals surface area contributed by atoms with Gasteiger partial charge in [0.1, 0.15) is 5.82 Å². The van der Waals surface area contributed by atoms with E-state index in [9.17, 15) is 13.2 Å². The molecule has 0 saturated heterocycles. The lowest BCUT2D eigenvalue weighted by Gasteiger charge is -2.14. The van der Waals surface area contributed by atoms with E-state index in [-0.39, 0.29) is 12.2 Å². The summed E-state index contributed by atoms with van der Waals surface area (Å²) in [6.07, 6.45) is 0. The minimum atomic E-state index is -1.24. The third-order valence-corrected chi connectivity index (χ3v) is 2.95. The van der Waals surface area contributed by atoms with E-state index in [2.05, 4.69) is 5.32 Å². The predicted octanol–water partition coefficient (Wildman–Crippen LogP) is 3.73. The van der Waals surface area contributed by atoms with Gasteiger partial charge in [-0.25, -0.2) is 13.2 Å². The Bertz CT molecular complexity index is 647. The number of halogens is 3. The first-order chi connectivity index (χ1) is 10.1. The molecule has 2 aromatic rings. The van der Waals surface area contributed by atoms with E-state index in [4.69, 9.17) is 9.47 Å². The summed E-state index contributed by atoms with van der Waals surface area (Å²) < 4.78 is 50.2. The summed E-state index contributed by atoms with van der Waals surface area (Å²) in [6, 6.07) is 6.57. The number of ether oxygens (including phenoxy) is 2. The molecule has 112 valence electrons. The predicted molar refractivity (Wildman–Crippen MR) is 73.2 cm³/mol. The first kappa shape index (κ1) is 15.0. The van der Waals surface area contributed by atoms with Crippen LogP contribution in [0.25, 0.3) is 0 Å². The van der Waals surface area contributed by atoms with Gasteiger partial charge in [0.25, 0.3) is 0 Å². The van der Waals surface area contributed by atoms with E-state index in [0.29, 0.717) is 23.1 Å². The van der Waals surface area contributed by atoms with Crippen molar-refractivity contribution in [3.63, 3.8) is 0 Å². The van der Waals surface area contributed by atoms with Crippen molar-refractivity contribution in [2.75, 3.05) is 19.5 Å². The van der Waals surface area contributed by atoms with Crippen molar-refractivity contribution in [1.29, 1.82) is 0 Å². The summed E-state index contributed by atoms with van der Waals surface area (Å²) in [7, 11) is 2.97. The summed E-state index contributed by atoms with van der Waals surface area (Å²) in [6.45, 7) is 0.125. The Morgan fingerprint density at radius 2 is 1.81 bits per heavy atom. The Morgan fingerprint density at radius 3 is 2.48 bits per heavy atom. The first-order valence-corrected chi connectivity index (χ1v) is 6.15. The molecule has 0 aromatic heterocycles. The van der Waals surface area contributed by atoms with Crippen LogP contribution in [0, 0.1) is 17.5 Å². The Morgan fingerprint density at radius 1 is 1.05 bits per heavy atom. The van der Waals surface area contributed by atoms with Crippen molar-refractivity contribution in [3.05, 3.63) is 53.3 Å². The number of anilines is 1.